The predicted octanol–water partition coefficient (Wildman–Crippen LogP) is 2.98. The van der Waals surface area contributed by atoms with Crippen LogP contribution in [0.25, 0.3) is 0 Å². The fourth-order valence-electron chi connectivity index (χ4n) is 1.44. The van der Waals surface area contributed by atoms with Gasteiger partial charge < -0.3 is 10.3 Å². The van der Waals surface area contributed by atoms with Gasteiger partial charge in [-0.15, -0.1) is 0 Å². The van der Waals surface area contributed by atoms with Gasteiger partial charge in [-0.25, -0.2) is 4.98 Å². The second-order valence-electron chi connectivity index (χ2n) is 4.23. The van der Waals surface area contributed by atoms with Crippen molar-refractivity contribution in [3.63, 3.8) is 0 Å². The van der Waals surface area contributed by atoms with Crippen molar-refractivity contribution in [2.24, 2.45) is 5.92 Å². The van der Waals surface area contributed by atoms with Crippen LogP contribution >= 0.6 is 0 Å². The third-order valence-electron chi connectivity index (χ3n) is 2.43. The van der Waals surface area contributed by atoms with E-state index in [9.17, 15) is 0 Å². The summed E-state index contributed by atoms with van der Waals surface area (Å²) >= 11 is 0. The Morgan fingerprint density at radius 3 is 3.10 bits per heavy atom. The molecule has 0 amide bonds. The maximum Gasteiger partial charge on any atom is 0.119 e. The molecule has 2 N–H and O–H groups in total. The van der Waals surface area contributed by atoms with Gasteiger partial charge in [0.15, 0.2) is 0 Å². The SMILES string of the molecule is C=C/C=C/C(C)C#Cc1cccnc(CNC)[nH]cc1. The lowest BCUT2D eigenvalue weighted by atomic mass is 10.1. The minimum absolute atomic E-state index is 0.197. The number of aromatic nitrogens is 2. The number of aromatic amines is 1. The van der Waals surface area contributed by atoms with Gasteiger partial charge in [0, 0.05) is 23.9 Å². The Hall–Kier alpha value is -2.31. The van der Waals surface area contributed by atoms with Crippen LogP contribution in [0, 0.1) is 17.8 Å². The summed E-state index contributed by atoms with van der Waals surface area (Å²) in [6.07, 6.45) is 9.29. The van der Waals surface area contributed by atoms with Crippen molar-refractivity contribution in [2.45, 2.75) is 13.5 Å². The summed E-state index contributed by atoms with van der Waals surface area (Å²) in [5.41, 5.74) is 0.938. The topological polar surface area (TPSA) is 40.7 Å². The van der Waals surface area contributed by atoms with E-state index >= 15 is 0 Å². The van der Waals surface area contributed by atoms with Gasteiger partial charge in [0.1, 0.15) is 5.82 Å². The Labute approximate surface area is 121 Å². The molecule has 104 valence electrons. The normalized spacial score (nSPS) is 11.3. The number of H-pyrrole nitrogens is 1. The molecule has 0 saturated heterocycles. The van der Waals surface area contributed by atoms with Crippen LogP contribution in [-0.2, 0) is 6.54 Å². The van der Waals surface area contributed by atoms with Crippen LogP contribution in [0.4, 0.5) is 0 Å². The lowest BCUT2D eigenvalue weighted by Crippen LogP contribution is -2.07. The summed E-state index contributed by atoms with van der Waals surface area (Å²) in [7, 11) is 1.89. The van der Waals surface area contributed by atoms with E-state index in [1.165, 1.54) is 0 Å². The van der Waals surface area contributed by atoms with Crippen LogP contribution in [0.3, 0.4) is 0 Å². The first kappa shape index (κ1) is 15.7. The van der Waals surface area contributed by atoms with Gasteiger partial charge in [-0.3, -0.25) is 0 Å². The standard InChI is InChI=1S/C17H21N3/c1-4-5-7-15(2)9-10-16-8-6-12-19-17(14-18-3)20-13-11-16/h4-8,11-13,15,18H,1,14H2,2-3H3,(H,19,20)/b7-5+,12-6?,13-11?,16-8?. The maximum atomic E-state index is 4.30. The lowest BCUT2D eigenvalue weighted by molar-refractivity contribution is 0.762. The molecule has 0 fully saturated rings. The molecule has 20 heavy (non-hydrogen) atoms. The van der Waals surface area contributed by atoms with E-state index in [1.807, 2.05) is 43.6 Å². The average Bonchev–Trinajstić information content (AvgIpc) is 2.56. The fourth-order valence-corrected chi connectivity index (χ4v) is 1.44. The van der Waals surface area contributed by atoms with Crippen molar-refractivity contribution < 1.29 is 0 Å². The van der Waals surface area contributed by atoms with Crippen LogP contribution in [0.1, 0.15) is 18.3 Å². The van der Waals surface area contributed by atoms with Crippen molar-refractivity contribution >= 4 is 0 Å². The highest BCUT2D eigenvalue weighted by atomic mass is 14.9. The van der Waals surface area contributed by atoms with Crippen molar-refractivity contribution in [1.29, 1.82) is 0 Å². The van der Waals surface area contributed by atoms with Gasteiger partial charge in [-0.05, 0) is 32.2 Å². The van der Waals surface area contributed by atoms with Gasteiger partial charge in [0.2, 0.25) is 0 Å². The van der Waals surface area contributed by atoms with Gasteiger partial charge in [0.25, 0.3) is 0 Å². The molecule has 0 aliphatic carbocycles. The third-order valence-corrected chi connectivity index (χ3v) is 2.43. The Balaban J connectivity index is 2.94. The van der Waals surface area contributed by atoms with Crippen molar-refractivity contribution in [1.82, 2.24) is 15.3 Å². The molecule has 1 rings (SSSR count). The van der Waals surface area contributed by atoms with Crippen LogP contribution in [0.15, 0.2) is 55.4 Å². The maximum absolute atomic E-state index is 4.30. The Morgan fingerprint density at radius 1 is 1.50 bits per heavy atom. The number of hydrogen-bond acceptors (Lipinski definition) is 2. The summed E-state index contributed by atoms with van der Waals surface area (Å²) in [5, 5.41) is 3.06. The predicted molar refractivity (Wildman–Crippen MR) is 84.4 cm³/mol. The number of hydrogen-bond donors (Lipinski definition) is 2. The smallest absolute Gasteiger partial charge is 0.119 e. The summed E-state index contributed by atoms with van der Waals surface area (Å²) in [6.45, 7) is 6.39. The molecule has 3 nitrogen and oxygen atoms in total. The van der Waals surface area contributed by atoms with E-state index in [1.54, 1.807) is 12.3 Å². The van der Waals surface area contributed by atoms with Crippen molar-refractivity contribution in [3.05, 3.63) is 66.8 Å². The van der Waals surface area contributed by atoms with E-state index in [2.05, 4.69) is 40.6 Å². The molecular formula is C17H21N3. The van der Waals surface area contributed by atoms with Crippen LogP contribution in [-0.4, -0.2) is 17.0 Å². The summed E-state index contributed by atoms with van der Waals surface area (Å²) in [4.78, 5) is 7.43. The summed E-state index contributed by atoms with van der Waals surface area (Å²) < 4.78 is 0. The molecule has 0 aromatic carbocycles. The van der Waals surface area contributed by atoms with Crippen molar-refractivity contribution in [2.75, 3.05) is 7.05 Å². The average molecular weight is 267 g/mol. The zero-order valence-electron chi connectivity index (χ0n) is 12.1. The molecule has 0 spiro atoms. The minimum atomic E-state index is 0.197. The van der Waals surface area contributed by atoms with Gasteiger partial charge in [-0.1, -0.05) is 36.6 Å². The Kier molecular flexibility index (Phi) is 7.56. The number of nitrogens with zero attached hydrogens (tertiary/aromatic N) is 1. The van der Waals surface area contributed by atoms with Gasteiger partial charge >= 0.3 is 0 Å². The van der Waals surface area contributed by atoms with Gasteiger partial charge in [0.05, 0.1) is 6.54 Å². The minimum Gasteiger partial charge on any atom is -0.349 e. The zero-order chi connectivity index (χ0) is 14.6. The molecule has 3 heteroatoms. The highest BCUT2D eigenvalue weighted by Crippen LogP contribution is 1.97. The molecule has 0 bridgehead atoms. The van der Waals surface area contributed by atoms with E-state index in [-0.39, 0.29) is 5.92 Å². The summed E-state index contributed by atoms with van der Waals surface area (Å²) in [5.74, 6) is 7.39. The number of allylic oxidation sites excluding steroid dienone is 3. The van der Waals surface area contributed by atoms with Crippen LogP contribution < -0.4 is 5.32 Å². The molecule has 1 aromatic rings. The van der Waals surface area contributed by atoms with E-state index in [4.69, 9.17) is 0 Å². The van der Waals surface area contributed by atoms with Crippen molar-refractivity contribution in [3.8, 4) is 11.8 Å². The van der Waals surface area contributed by atoms with Crippen LogP contribution in [0.5, 0.6) is 0 Å². The molecule has 1 atom stereocenters. The molecule has 1 aromatic heterocycles. The highest BCUT2D eigenvalue weighted by Gasteiger charge is 1.88. The van der Waals surface area contributed by atoms with E-state index < -0.39 is 0 Å². The molecular weight excluding hydrogens is 246 g/mol. The zero-order valence-corrected chi connectivity index (χ0v) is 12.1. The molecule has 0 aliphatic rings. The molecule has 1 unspecified atom stereocenters. The Morgan fingerprint density at radius 2 is 2.35 bits per heavy atom. The summed E-state index contributed by atoms with van der Waals surface area (Å²) in [6, 6.07) is 5.78. The number of rotatable bonds is 4. The monoisotopic (exact) mass is 267 g/mol. The fraction of sp³-hybridized carbons (Fsp3) is 0.235. The quantitative estimate of drug-likeness (QED) is 0.650. The van der Waals surface area contributed by atoms with Crippen LogP contribution in [0.2, 0.25) is 0 Å². The largest absolute Gasteiger partial charge is 0.349 e. The first-order valence-corrected chi connectivity index (χ1v) is 6.58. The molecule has 0 saturated carbocycles. The lowest BCUT2D eigenvalue weighted by Gasteiger charge is -1.93. The Bertz CT molecular complexity index is 557. The second kappa shape index (κ2) is 9.60. The molecule has 0 aliphatic heterocycles. The van der Waals surface area contributed by atoms with E-state index in [0.29, 0.717) is 6.54 Å². The first-order valence-electron chi connectivity index (χ1n) is 6.58. The second-order valence-corrected chi connectivity index (χ2v) is 4.23. The first-order chi connectivity index (χ1) is 9.76. The van der Waals surface area contributed by atoms with E-state index in [0.717, 1.165) is 11.4 Å². The number of nitrogens with one attached hydrogen (secondary N) is 2. The highest BCUT2D eigenvalue weighted by molar-refractivity contribution is 5.33. The van der Waals surface area contributed by atoms with Gasteiger partial charge in [-0.2, -0.15) is 0 Å². The molecule has 1 heterocycles. The third kappa shape index (κ3) is 6.58. The molecule has 0 radical (unpaired) electrons.